The number of nitrogens with zero attached hydrogens (tertiary/aromatic N) is 1. The molecule has 0 bridgehead atoms. The molecule has 2 aromatic rings. The van der Waals surface area contributed by atoms with Gasteiger partial charge in [0.15, 0.2) is 0 Å². The SMILES string of the molecule is ON=C(CC=Cc1ccc(Cl)cc1Cl)CC=Cc1ccc(Cl)cc1Cl. The Morgan fingerprint density at radius 1 is 0.800 bits per heavy atom. The monoisotopic (exact) mass is 413 g/mol. The Kier molecular flexibility index (Phi) is 7.86. The first kappa shape index (κ1) is 19.9. The lowest BCUT2D eigenvalue weighted by Gasteiger charge is -2.01. The zero-order chi connectivity index (χ0) is 18.2. The van der Waals surface area contributed by atoms with Crippen LogP contribution in [0.15, 0.2) is 53.7 Å². The molecule has 0 aromatic heterocycles. The number of halogens is 4. The van der Waals surface area contributed by atoms with Gasteiger partial charge in [-0.05, 0) is 35.4 Å². The van der Waals surface area contributed by atoms with Gasteiger partial charge < -0.3 is 5.21 Å². The van der Waals surface area contributed by atoms with Gasteiger partial charge in [-0.1, -0.05) is 88.0 Å². The van der Waals surface area contributed by atoms with Crippen molar-refractivity contribution in [1.82, 2.24) is 0 Å². The lowest BCUT2D eigenvalue weighted by molar-refractivity contribution is 0.317. The van der Waals surface area contributed by atoms with Crippen LogP contribution in [0.25, 0.3) is 12.2 Å². The number of hydrogen-bond acceptors (Lipinski definition) is 2. The molecule has 130 valence electrons. The van der Waals surface area contributed by atoms with E-state index in [4.69, 9.17) is 51.6 Å². The minimum Gasteiger partial charge on any atom is -0.411 e. The molecule has 0 saturated heterocycles. The van der Waals surface area contributed by atoms with Crippen LogP contribution < -0.4 is 0 Å². The van der Waals surface area contributed by atoms with Gasteiger partial charge in [0.05, 0.1) is 5.71 Å². The van der Waals surface area contributed by atoms with Gasteiger partial charge in [0.2, 0.25) is 0 Å². The van der Waals surface area contributed by atoms with Crippen molar-refractivity contribution in [3.63, 3.8) is 0 Å². The van der Waals surface area contributed by atoms with Crippen molar-refractivity contribution in [3.8, 4) is 0 Å². The Labute approximate surface area is 167 Å². The van der Waals surface area contributed by atoms with E-state index in [1.54, 1.807) is 24.3 Å². The molecule has 2 nitrogen and oxygen atoms in total. The van der Waals surface area contributed by atoms with E-state index in [1.165, 1.54) is 0 Å². The fourth-order valence-electron chi connectivity index (χ4n) is 2.08. The highest BCUT2D eigenvalue weighted by atomic mass is 35.5. The fourth-order valence-corrected chi connectivity index (χ4v) is 3.03. The molecule has 0 radical (unpaired) electrons. The first-order valence-corrected chi connectivity index (χ1v) is 8.94. The predicted octanol–water partition coefficient (Wildman–Crippen LogP) is 7.64. The van der Waals surface area contributed by atoms with Crippen molar-refractivity contribution in [2.75, 3.05) is 0 Å². The second-order valence-electron chi connectivity index (χ2n) is 5.21. The standard InChI is InChI=1S/C19H15Cl4NO/c20-15-9-7-13(18(22)11-15)3-1-5-17(24-25)6-2-4-14-8-10-16(21)12-19(14)23/h1-4,7-12,25H,5-6H2. The molecule has 0 amide bonds. The van der Waals surface area contributed by atoms with Crippen LogP contribution in [0, 0.1) is 0 Å². The molecule has 2 rings (SSSR count). The molecule has 0 spiro atoms. The molecule has 0 aliphatic heterocycles. The van der Waals surface area contributed by atoms with Crippen molar-refractivity contribution in [3.05, 3.63) is 79.8 Å². The topological polar surface area (TPSA) is 32.6 Å². The van der Waals surface area contributed by atoms with E-state index in [2.05, 4.69) is 5.16 Å². The Bertz CT molecular complexity index is 763. The Hall–Kier alpha value is -1.45. The third-order valence-corrected chi connectivity index (χ3v) is 4.49. The van der Waals surface area contributed by atoms with E-state index < -0.39 is 0 Å². The highest BCUT2D eigenvalue weighted by Crippen LogP contribution is 2.23. The number of allylic oxidation sites excluding steroid dienone is 2. The van der Waals surface area contributed by atoms with E-state index in [9.17, 15) is 0 Å². The van der Waals surface area contributed by atoms with Crippen LogP contribution in [0.5, 0.6) is 0 Å². The maximum atomic E-state index is 9.14. The van der Waals surface area contributed by atoms with Gasteiger partial charge in [-0.3, -0.25) is 0 Å². The summed E-state index contributed by atoms with van der Waals surface area (Å²) in [4.78, 5) is 0. The van der Waals surface area contributed by atoms with Crippen LogP contribution in [0.2, 0.25) is 20.1 Å². The summed E-state index contributed by atoms with van der Waals surface area (Å²) in [6, 6.07) is 10.6. The van der Waals surface area contributed by atoms with Crippen LogP contribution in [-0.4, -0.2) is 10.9 Å². The van der Waals surface area contributed by atoms with Gasteiger partial charge in [-0.25, -0.2) is 0 Å². The molecule has 25 heavy (non-hydrogen) atoms. The van der Waals surface area contributed by atoms with E-state index in [1.807, 2.05) is 36.4 Å². The lowest BCUT2D eigenvalue weighted by atomic mass is 10.1. The molecule has 0 saturated carbocycles. The largest absolute Gasteiger partial charge is 0.411 e. The second-order valence-corrected chi connectivity index (χ2v) is 6.90. The summed E-state index contributed by atoms with van der Waals surface area (Å²) in [5.41, 5.74) is 2.32. The zero-order valence-electron chi connectivity index (χ0n) is 13.1. The first-order chi connectivity index (χ1) is 12.0. The van der Waals surface area contributed by atoms with Gasteiger partial charge in [-0.2, -0.15) is 0 Å². The second kappa shape index (κ2) is 9.88. The van der Waals surface area contributed by atoms with E-state index in [0.29, 0.717) is 38.6 Å². The molecule has 1 N–H and O–H groups in total. The van der Waals surface area contributed by atoms with Crippen molar-refractivity contribution in [1.29, 1.82) is 0 Å². The summed E-state index contributed by atoms with van der Waals surface area (Å²) in [6.45, 7) is 0. The Balaban J connectivity index is 1.94. The fraction of sp³-hybridized carbons (Fsp3) is 0.105. The molecule has 0 aliphatic carbocycles. The van der Waals surface area contributed by atoms with Crippen LogP contribution >= 0.6 is 46.4 Å². The highest BCUT2D eigenvalue weighted by molar-refractivity contribution is 6.36. The molecule has 0 heterocycles. The minimum atomic E-state index is 0.494. The molecule has 6 heteroatoms. The van der Waals surface area contributed by atoms with Gasteiger partial charge in [0, 0.05) is 32.9 Å². The summed E-state index contributed by atoms with van der Waals surface area (Å²) in [6.07, 6.45) is 8.48. The first-order valence-electron chi connectivity index (χ1n) is 7.42. The third kappa shape index (κ3) is 6.41. The van der Waals surface area contributed by atoms with Gasteiger partial charge in [0.1, 0.15) is 0 Å². The minimum absolute atomic E-state index is 0.494. The molecular formula is C19H15Cl4NO. The van der Waals surface area contributed by atoms with Crippen LogP contribution in [-0.2, 0) is 0 Å². The van der Waals surface area contributed by atoms with Gasteiger partial charge in [-0.15, -0.1) is 0 Å². The molecule has 0 unspecified atom stereocenters. The smallest absolute Gasteiger partial charge is 0.0646 e. The molecular weight excluding hydrogens is 400 g/mol. The maximum Gasteiger partial charge on any atom is 0.0646 e. The van der Waals surface area contributed by atoms with E-state index in [0.717, 1.165) is 11.1 Å². The zero-order valence-corrected chi connectivity index (χ0v) is 16.1. The number of benzene rings is 2. The average Bonchev–Trinajstić information content (AvgIpc) is 2.57. The van der Waals surface area contributed by atoms with E-state index in [-0.39, 0.29) is 0 Å². The predicted molar refractivity (Wildman–Crippen MR) is 109 cm³/mol. The molecule has 2 aromatic carbocycles. The Morgan fingerprint density at radius 2 is 1.24 bits per heavy atom. The van der Waals surface area contributed by atoms with Crippen LogP contribution in [0.1, 0.15) is 24.0 Å². The quantitative estimate of drug-likeness (QED) is 0.294. The average molecular weight is 415 g/mol. The van der Waals surface area contributed by atoms with Crippen LogP contribution in [0.3, 0.4) is 0 Å². The summed E-state index contributed by atoms with van der Waals surface area (Å²) in [5.74, 6) is 0. The van der Waals surface area contributed by atoms with Crippen molar-refractivity contribution in [2.45, 2.75) is 12.8 Å². The maximum absolute atomic E-state index is 9.14. The molecule has 0 fully saturated rings. The number of hydrogen-bond donors (Lipinski definition) is 1. The third-order valence-electron chi connectivity index (χ3n) is 3.37. The molecule has 0 atom stereocenters. The van der Waals surface area contributed by atoms with Crippen LogP contribution in [0.4, 0.5) is 0 Å². The van der Waals surface area contributed by atoms with Crippen molar-refractivity contribution in [2.24, 2.45) is 5.16 Å². The Morgan fingerprint density at radius 3 is 1.60 bits per heavy atom. The number of rotatable bonds is 6. The normalized spacial score (nSPS) is 11.4. The van der Waals surface area contributed by atoms with Crippen molar-refractivity contribution < 1.29 is 5.21 Å². The van der Waals surface area contributed by atoms with Crippen molar-refractivity contribution >= 4 is 64.3 Å². The highest BCUT2D eigenvalue weighted by Gasteiger charge is 2.00. The number of oxime groups is 1. The summed E-state index contributed by atoms with van der Waals surface area (Å²) < 4.78 is 0. The van der Waals surface area contributed by atoms with Gasteiger partial charge in [0.25, 0.3) is 0 Å². The lowest BCUT2D eigenvalue weighted by Crippen LogP contribution is -1.94. The molecule has 0 aliphatic rings. The summed E-state index contributed by atoms with van der Waals surface area (Å²) in [7, 11) is 0. The summed E-state index contributed by atoms with van der Waals surface area (Å²) in [5, 5.41) is 14.8. The summed E-state index contributed by atoms with van der Waals surface area (Å²) >= 11 is 23.9. The van der Waals surface area contributed by atoms with E-state index >= 15 is 0 Å². The van der Waals surface area contributed by atoms with Gasteiger partial charge >= 0.3 is 0 Å².